The lowest BCUT2D eigenvalue weighted by atomic mass is 10.1. The minimum absolute atomic E-state index is 0.0550. The zero-order chi connectivity index (χ0) is 30.8. The van der Waals surface area contributed by atoms with Crippen LogP contribution in [0.1, 0.15) is 17.8 Å². The van der Waals surface area contributed by atoms with Crippen LogP contribution in [0.3, 0.4) is 0 Å². The number of hydrogen-bond acceptors (Lipinski definition) is 13. The van der Waals surface area contributed by atoms with Crippen molar-refractivity contribution >= 4 is 54.1 Å². The first-order chi connectivity index (χ1) is 20.7. The highest BCUT2D eigenvalue weighted by molar-refractivity contribution is 7.91. The van der Waals surface area contributed by atoms with Gasteiger partial charge in [0.05, 0.1) is 10.6 Å². The van der Waals surface area contributed by atoms with E-state index in [1.807, 2.05) is 33.3 Å². The summed E-state index contributed by atoms with van der Waals surface area (Å²) in [7, 11) is 4.01. The average Bonchev–Trinajstić information content (AvgIpc) is 3.40. The highest BCUT2D eigenvalue weighted by Gasteiger charge is 2.20. The molecule has 15 heteroatoms. The van der Waals surface area contributed by atoms with Crippen molar-refractivity contribution in [3.05, 3.63) is 66.2 Å². The fourth-order valence-electron chi connectivity index (χ4n) is 3.81. The molecule has 0 unspecified atom stereocenters. The summed E-state index contributed by atoms with van der Waals surface area (Å²) in [6, 6.07) is 11.3. The number of rotatable bonds is 15. The number of pyridine rings is 1. The number of thiazole rings is 1. The molecule has 1 N–H and O–H groups in total. The largest absolute Gasteiger partial charge is 0.387 e. The van der Waals surface area contributed by atoms with Gasteiger partial charge in [0.1, 0.15) is 16.2 Å². The summed E-state index contributed by atoms with van der Waals surface area (Å²) in [5.74, 6) is 0.534. The van der Waals surface area contributed by atoms with Gasteiger partial charge in [0, 0.05) is 51.8 Å². The molecule has 4 aromatic rings. The molecular weight excluding hydrogens is 592 g/mol. The van der Waals surface area contributed by atoms with E-state index < -0.39 is 15.7 Å². The van der Waals surface area contributed by atoms with Crippen molar-refractivity contribution in [1.29, 1.82) is 0 Å². The normalized spacial score (nSPS) is 12.1. The van der Waals surface area contributed by atoms with Crippen molar-refractivity contribution in [3.63, 3.8) is 0 Å². The van der Waals surface area contributed by atoms with Crippen LogP contribution in [0.15, 0.2) is 64.9 Å². The number of likely N-dealkylation sites (N-methyl/N-ethyl adjacent to an activating group) is 2. The van der Waals surface area contributed by atoms with Gasteiger partial charge in [0.2, 0.25) is 0 Å². The first-order valence-corrected chi connectivity index (χ1v) is 15.9. The quantitative estimate of drug-likeness (QED) is 0.118. The van der Waals surface area contributed by atoms with Gasteiger partial charge >= 0.3 is 0 Å². The third-order valence-electron chi connectivity index (χ3n) is 6.17. The molecule has 13 nitrogen and oxygen atoms in total. The second kappa shape index (κ2) is 14.9. The molecule has 0 aliphatic rings. The Kier molecular flexibility index (Phi) is 11.1. The number of ether oxygens (including phenoxy) is 1. The number of anilines is 2. The SMILES string of the molecule is COCCCS(=O)(=O)c1ccc(C(=NOCc2ncccn2)C(=O)Nc2nc3ccc(N(C)CCN(C)C)nc3s2)cc1. The summed E-state index contributed by atoms with van der Waals surface area (Å²) in [4.78, 5) is 41.2. The Morgan fingerprint density at radius 2 is 1.77 bits per heavy atom. The lowest BCUT2D eigenvalue weighted by Crippen LogP contribution is -2.28. The monoisotopic (exact) mass is 626 g/mol. The zero-order valence-corrected chi connectivity index (χ0v) is 26.1. The van der Waals surface area contributed by atoms with Gasteiger partial charge in [-0.05, 0) is 50.8 Å². The molecule has 228 valence electrons. The second-order valence-electron chi connectivity index (χ2n) is 9.76. The summed E-state index contributed by atoms with van der Waals surface area (Å²) in [6.07, 6.45) is 3.51. The van der Waals surface area contributed by atoms with E-state index in [0.717, 1.165) is 18.9 Å². The maximum atomic E-state index is 13.5. The molecule has 0 radical (unpaired) electrons. The van der Waals surface area contributed by atoms with Gasteiger partial charge < -0.3 is 19.4 Å². The highest BCUT2D eigenvalue weighted by atomic mass is 32.2. The number of methoxy groups -OCH3 is 1. The van der Waals surface area contributed by atoms with Crippen LogP contribution >= 0.6 is 11.3 Å². The van der Waals surface area contributed by atoms with Crippen molar-refractivity contribution in [2.45, 2.75) is 17.9 Å². The Labute approximate surface area is 254 Å². The van der Waals surface area contributed by atoms with Crippen molar-refractivity contribution in [1.82, 2.24) is 24.8 Å². The number of nitrogens with one attached hydrogen (secondary N) is 1. The van der Waals surface area contributed by atoms with Crippen LogP contribution in [-0.4, -0.2) is 98.6 Å². The van der Waals surface area contributed by atoms with Gasteiger partial charge in [0.25, 0.3) is 5.91 Å². The van der Waals surface area contributed by atoms with Crippen molar-refractivity contribution in [3.8, 4) is 0 Å². The maximum absolute atomic E-state index is 13.5. The number of carbonyl (C=O) groups excluding carboxylic acids is 1. The topological polar surface area (TPSA) is 152 Å². The molecule has 0 saturated carbocycles. The van der Waals surface area contributed by atoms with E-state index >= 15 is 0 Å². The average molecular weight is 627 g/mol. The van der Waals surface area contributed by atoms with Crippen LogP contribution in [0.4, 0.5) is 10.9 Å². The van der Waals surface area contributed by atoms with Crippen LogP contribution in [0.5, 0.6) is 0 Å². The molecule has 0 aliphatic heterocycles. The van der Waals surface area contributed by atoms with E-state index in [1.54, 1.807) is 18.5 Å². The molecule has 43 heavy (non-hydrogen) atoms. The summed E-state index contributed by atoms with van der Waals surface area (Å²) < 4.78 is 30.3. The van der Waals surface area contributed by atoms with E-state index in [9.17, 15) is 13.2 Å². The molecule has 1 amide bonds. The Morgan fingerprint density at radius 1 is 1.02 bits per heavy atom. The molecule has 0 fully saturated rings. The van der Waals surface area contributed by atoms with Crippen molar-refractivity contribution < 1.29 is 22.8 Å². The number of hydrogen-bond donors (Lipinski definition) is 1. The van der Waals surface area contributed by atoms with Crippen LogP contribution in [-0.2, 0) is 30.8 Å². The molecule has 3 heterocycles. The van der Waals surface area contributed by atoms with E-state index in [4.69, 9.17) is 14.6 Å². The third-order valence-corrected chi connectivity index (χ3v) is 8.86. The molecule has 0 aliphatic carbocycles. The van der Waals surface area contributed by atoms with Gasteiger partial charge in [-0.3, -0.25) is 10.1 Å². The lowest BCUT2D eigenvalue weighted by molar-refractivity contribution is -0.110. The van der Waals surface area contributed by atoms with Crippen molar-refractivity contribution in [2.24, 2.45) is 5.16 Å². The molecule has 0 atom stereocenters. The van der Waals surface area contributed by atoms with Crippen LogP contribution in [0, 0.1) is 0 Å². The van der Waals surface area contributed by atoms with Crippen LogP contribution in [0.25, 0.3) is 10.3 Å². The molecule has 0 bridgehead atoms. The Bertz CT molecular complexity index is 1640. The van der Waals surface area contributed by atoms with E-state index in [1.165, 1.54) is 42.7 Å². The van der Waals surface area contributed by atoms with E-state index in [0.29, 0.717) is 39.9 Å². The fraction of sp³-hybridized carbons (Fsp3) is 0.357. The Balaban J connectivity index is 1.55. The predicted molar refractivity (Wildman–Crippen MR) is 166 cm³/mol. The predicted octanol–water partition coefficient (Wildman–Crippen LogP) is 2.85. The summed E-state index contributed by atoms with van der Waals surface area (Å²) in [6.45, 7) is 1.95. The number of carbonyl (C=O) groups is 1. The fourth-order valence-corrected chi connectivity index (χ4v) is 5.92. The highest BCUT2D eigenvalue weighted by Crippen LogP contribution is 2.27. The van der Waals surface area contributed by atoms with Crippen LogP contribution < -0.4 is 10.2 Å². The first kappa shape index (κ1) is 31.9. The summed E-state index contributed by atoms with van der Waals surface area (Å²) >= 11 is 1.23. The zero-order valence-electron chi connectivity index (χ0n) is 24.4. The molecule has 0 saturated heterocycles. The minimum atomic E-state index is -3.52. The number of oxime groups is 1. The molecule has 3 aromatic heterocycles. The number of nitrogens with zero attached hydrogens (tertiary/aromatic N) is 7. The van der Waals surface area contributed by atoms with Gasteiger partial charge in [0.15, 0.2) is 33.1 Å². The maximum Gasteiger partial charge on any atom is 0.280 e. The number of amides is 1. The van der Waals surface area contributed by atoms with Gasteiger partial charge in [-0.15, -0.1) is 0 Å². The first-order valence-electron chi connectivity index (χ1n) is 13.4. The number of fused-ring (bicyclic) bond motifs is 1. The minimum Gasteiger partial charge on any atom is -0.387 e. The summed E-state index contributed by atoms with van der Waals surface area (Å²) in [5, 5.41) is 7.18. The Hall–Kier alpha value is -4.05. The van der Waals surface area contributed by atoms with Gasteiger partial charge in [-0.2, -0.15) is 0 Å². The number of benzene rings is 1. The van der Waals surface area contributed by atoms with E-state index in [-0.39, 0.29) is 23.0 Å². The third kappa shape index (κ3) is 8.97. The number of sulfone groups is 1. The van der Waals surface area contributed by atoms with Gasteiger partial charge in [-0.1, -0.05) is 28.6 Å². The Morgan fingerprint density at radius 3 is 2.47 bits per heavy atom. The molecule has 4 rings (SSSR count). The lowest BCUT2D eigenvalue weighted by Gasteiger charge is -2.20. The molecule has 0 spiro atoms. The summed E-state index contributed by atoms with van der Waals surface area (Å²) in [5.41, 5.74) is 0.922. The van der Waals surface area contributed by atoms with Gasteiger partial charge in [-0.25, -0.2) is 28.4 Å². The second-order valence-corrected chi connectivity index (χ2v) is 12.8. The molecular formula is C28H34N8O5S2. The van der Waals surface area contributed by atoms with Crippen molar-refractivity contribution in [2.75, 3.05) is 63.9 Å². The number of aromatic nitrogens is 4. The smallest absolute Gasteiger partial charge is 0.280 e. The molecule has 1 aromatic carbocycles. The van der Waals surface area contributed by atoms with Crippen LogP contribution in [0.2, 0.25) is 0 Å². The standard InChI is InChI=1S/C28H34N8O5S2/c1-35(2)15-16-36(3)24-12-11-22-27(32-24)42-28(31-22)33-26(37)25(34-41-19-23-29-13-5-14-30-23)20-7-9-21(10-8-20)43(38,39)18-6-17-40-4/h5,7-14H,6,15-19H2,1-4H3,(H,31,33,37). The van der Waals surface area contributed by atoms with E-state index in [2.05, 4.69) is 35.2 Å².